The number of fused-ring (bicyclic) bond motifs is 1. The van der Waals surface area contributed by atoms with Gasteiger partial charge in [-0.3, -0.25) is 4.79 Å². The van der Waals surface area contributed by atoms with Gasteiger partial charge in [0.2, 0.25) is 10.0 Å². The van der Waals surface area contributed by atoms with E-state index in [4.69, 9.17) is 4.74 Å². The molecule has 1 aliphatic rings. The summed E-state index contributed by atoms with van der Waals surface area (Å²) in [5.41, 5.74) is 2.20. The summed E-state index contributed by atoms with van der Waals surface area (Å²) in [6.45, 7) is 3.31. The van der Waals surface area contributed by atoms with E-state index in [1.807, 2.05) is 12.1 Å². The highest BCUT2D eigenvalue weighted by molar-refractivity contribution is 7.89. The lowest BCUT2D eigenvalue weighted by atomic mass is 10.1. The van der Waals surface area contributed by atoms with E-state index in [2.05, 4.69) is 11.6 Å². The predicted molar refractivity (Wildman–Crippen MR) is 105 cm³/mol. The van der Waals surface area contributed by atoms with Gasteiger partial charge in [0.1, 0.15) is 5.75 Å². The number of amides is 1. The smallest absolute Gasteiger partial charge is 0.258 e. The summed E-state index contributed by atoms with van der Waals surface area (Å²) >= 11 is 0. The number of anilines is 1. The number of nitrogens with one attached hydrogen (secondary N) is 1. The minimum Gasteiger partial charge on any atom is -0.494 e. The number of rotatable bonds is 7. The van der Waals surface area contributed by atoms with Gasteiger partial charge in [-0.05, 0) is 67.9 Å². The lowest BCUT2D eigenvalue weighted by molar-refractivity contribution is 0.0989. The zero-order valence-corrected chi connectivity index (χ0v) is 16.4. The average molecular weight is 388 g/mol. The van der Waals surface area contributed by atoms with Gasteiger partial charge in [-0.1, -0.05) is 13.3 Å². The molecular formula is C20H24N2O4S. The lowest BCUT2D eigenvalue weighted by Crippen LogP contribution is -2.28. The first-order valence-electron chi connectivity index (χ1n) is 9.07. The van der Waals surface area contributed by atoms with E-state index in [1.165, 1.54) is 13.1 Å². The fourth-order valence-electron chi connectivity index (χ4n) is 3.06. The third-order valence-corrected chi connectivity index (χ3v) is 6.05. The number of carbonyl (C=O) groups excluding carboxylic acids is 1. The molecule has 0 aliphatic carbocycles. The number of ether oxygens (including phenoxy) is 1. The van der Waals surface area contributed by atoms with Crippen molar-refractivity contribution in [3.8, 4) is 5.75 Å². The summed E-state index contributed by atoms with van der Waals surface area (Å²) < 4.78 is 31.9. The van der Waals surface area contributed by atoms with Crippen molar-refractivity contribution in [1.82, 2.24) is 4.72 Å². The summed E-state index contributed by atoms with van der Waals surface area (Å²) in [4.78, 5) is 14.8. The highest BCUT2D eigenvalue weighted by atomic mass is 32.2. The number of hydrogen-bond acceptors (Lipinski definition) is 4. The average Bonchev–Trinajstić information content (AvgIpc) is 3.11. The van der Waals surface area contributed by atoms with E-state index in [-0.39, 0.29) is 10.8 Å². The number of unbranched alkanes of at least 4 members (excludes halogenated alkanes) is 1. The fourth-order valence-corrected chi connectivity index (χ4v) is 3.84. The van der Waals surface area contributed by atoms with Gasteiger partial charge in [-0.2, -0.15) is 0 Å². The van der Waals surface area contributed by atoms with Crippen molar-refractivity contribution in [3.63, 3.8) is 0 Å². The molecule has 1 heterocycles. The van der Waals surface area contributed by atoms with Crippen LogP contribution in [0.25, 0.3) is 0 Å². The Labute approximate surface area is 160 Å². The Hall–Kier alpha value is -2.38. The van der Waals surface area contributed by atoms with Crippen molar-refractivity contribution in [2.45, 2.75) is 31.1 Å². The second kappa shape index (κ2) is 8.10. The first kappa shape index (κ1) is 19.4. The van der Waals surface area contributed by atoms with Gasteiger partial charge in [0.15, 0.2) is 0 Å². The van der Waals surface area contributed by atoms with Crippen LogP contribution in [-0.2, 0) is 16.4 Å². The normalized spacial score (nSPS) is 13.5. The molecule has 7 heteroatoms. The number of benzene rings is 2. The van der Waals surface area contributed by atoms with Crippen LogP contribution in [0.2, 0.25) is 0 Å². The Morgan fingerprint density at radius 1 is 1.19 bits per heavy atom. The largest absolute Gasteiger partial charge is 0.494 e. The minimum absolute atomic E-state index is 0.0990. The molecule has 0 unspecified atom stereocenters. The van der Waals surface area contributed by atoms with Crippen LogP contribution in [0.5, 0.6) is 5.75 Å². The molecule has 2 aromatic carbocycles. The Morgan fingerprint density at radius 3 is 2.59 bits per heavy atom. The maximum absolute atomic E-state index is 12.9. The molecule has 1 N–H and O–H groups in total. The molecule has 144 valence electrons. The molecule has 1 amide bonds. The minimum atomic E-state index is -3.49. The van der Waals surface area contributed by atoms with Gasteiger partial charge < -0.3 is 9.64 Å². The predicted octanol–water partition coefficient (Wildman–Crippen LogP) is 2.98. The van der Waals surface area contributed by atoms with Crippen molar-refractivity contribution >= 4 is 21.6 Å². The van der Waals surface area contributed by atoms with E-state index in [9.17, 15) is 13.2 Å². The van der Waals surface area contributed by atoms with Crippen LogP contribution in [0, 0.1) is 0 Å². The second-order valence-electron chi connectivity index (χ2n) is 6.43. The van der Waals surface area contributed by atoms with Gasteiger partial charge in [-0.25, -0.2) is 13.1 Å². The van der Waals surface area contributed by atoms with E-state index in [1.54, 1.807) is 29.2 Å². The van der Waals surface area contributed by atoms with Crippen molar-refractivity contribution in [1.29, 1.82) is 0 Å². The molecule has 0 aromatic heterocycles. The SMILES string of the molecule is CCCCOc1ccc(C(=O)N2CCc3cc(S(=O)(=O)NC)ccc32)cc1. The monoisotopic (exact) mass is 388 g/mol. The van der Waals surface area contributed by atoms with E-state index < -0.39 is 10.0 Å². The van der Waals surface area contributed by atoms with Crippen molar-refractivity contribution < 1.29 is 17.9 Å². The van der Waals surface area contributed by atoms with Crippen LogP contribution in [0.1, 0.15) is 35.7 Å². The number of sulfonamides is 1. The Balaban J connectivity index is 1.76. The quantitative estimate of drug-likeness (QED) is 0.740. The molecule has 27 heavy (non-hydrogen) atoms. The topological polar surface area (TPSA) is 75.7 Å². The van der Waals surface area contributed by atoms with Gasteiger partial charge in [0, 0.05) is 17.8 Å². The van der Waals surface area contributed by atoms with Crippen LogP contribution >= 0.6 is 0 Å². The van der Waals surface area contributed by atoms with E-state index in [0.717, 1.165) is 29.8 Å². The molecule has 0 saturated heterocycles. The molecule has 0 bridgehead atoms. The zero-order chi connectivity index (χ0) is 19.4. The Morgan fingerprint density at radius 2 is 1.93 bits per heavy atom. The molecular weight excluding hydrogens is 364 g/mol. The standard InChI is InChI=1S/C20H24N2O4S/c1-3-4-13-26-17-7-5-15(6-8-17)20(23)22-12-11-16-14-18(9-10-19(16)22)27(24,25)21-2/h5-10,14,21H,3-4,11-13H2,1-2H3. The summed E-state index contributed by atoms with van der Waals surface area (Å²) in [5, 5.41) is 0. The lowest BCUT2D eigenvalue weighted by Gasteiger charge is -2.18. The molecule has 3 rings (SSSR count). The fraction of sp³-hybridized carbons (Fsp3) is 0.350. The Bertz CT molecular complexity index is 923. The third kappa shape index (κ3) is 4.14. The highest BCUT2D eigenvalue weighted by Gasteiger charge is 2.27. The van der Waals surface area contributed by atoms with Crippen LogP contribution in [0.4, 0.5) is 5.69 Å². The van der Waals surface area contributed by atoms with Gasteiger partial charge in [-0.15, -0.1) is 0 Å². The van der Waals surface area contributed by atoms with E-state index >= 15 is 0 Å². The number of hydrogen-bond donors (Lipinski definition) is 1. The molecule has 0 atom stereocenters. The summed E-state index contributed by atoms with van der Waals surface area (Å²) in [6, 6.07) is 12.0. The van der Waals surface area contributed by atoms with Gasteiger partial charge in [0.05, 0.1) is 11.5 Å². The van der Waals surface area contributed by atoms with Crippen molar-refractivity contribution in [2.24, 2.45) is 0 Å². The Kier molecular flexibility index (Phi) is 5.82. The maximum atomic E-state index is 12.9. The van der Waals surface area contributed by atoms with Crippen molar-refractivity contribution in [3.05, 3.63) is 53.6 Å². The second-order valence-corrected chi connectivity index (χ2v) is 8.32. The summed E-state index contributed by atoms with van der Waals surface area (Å²) in [6.07, 6.45) is 2.70. The molecule has 1 aliphatic heterocycles. The molecule has 6 nitrogen and oxygen atoms in total. The summed E-state index contributed by atoms with van der Waals surface area (Å²) in [7, 11) is -2.11. The zero-order valence-electron chi connectivity index (χ0n) is 15.6. The maximum Gasteiger partial charge on any atom is 0.258 e. The van der Waals surface area contributed by atoms with Crippen LogP contribution < -0.4 is 14.4 Å². The van der Waals surface area contributed by atoms with Crippen LogP contribution in [-0.4, -0.2) is 34.5 Å². The molecule has 0 spiro atoms. The first-order chi connectivity index (χ1) is 13.0. The van der Waals surface area contributed by atoms with Gasteiger partial charge in [0.25, 0.3) is 5.91 Å². The van der Waals surface area contributed by atoms with Gasteiger partial charge >= 0.3 is 0 Å². The van der Waals surface area contributed by atoms with Crippen LogP contribution in [0.15, 0.2) is 47.4 Å². The molecule has 0 fully saturated rings. The van der Waals surface area contributed by atoms with Crippen LogP contribution in [0.3, 0.4) is 0 Å². The molecule has 0 radical (unpaired) electrons. The third-order valence-electron chi connectivity index (χ3n) is 4.64. The number of carbonyl (C=O) groups is 1. The molecule has 0 saturated carbocycles. The van der Waals surface area contributed by atoms with E-state index in [0.29, 0.717) is 25.1 Å². The highest BCUT2D eigenvalue weighted by Crippen LogP contribution is 2.31. The van der Waals surface area contributed by atoms with Crippen molar-refractivity contribution in [2.75, 3.05) is 25.1 Å². The number of nitrogens with zero attached hydrogens (tertiary/aromatic N) is 1. The molecule has 2 aromatic rings. The first-order valence-corrected chi connectivity index (χ1v) is 10.6. The summed E-state index contributed by atoms with van der Waals surface area (Å²) in [5.74, 6) is 0.654.